The van der Waals surface area contributed by atoms with Gasteiger partial charge in [-0.15, -0.1) is 0 Å². The Labute approximate surface area is 686 Å². The van der Waals surface area contributed by atoms with Crippen molar-refractivity contribution in [2.24, 2.45) is 0 Å². The maximum absolute atomic E-state index is 14.0. The molecule has 4 rings (SSSR count). The molecule has 0 aromatic heterocycles. The van der Waals surface area contributed by atoms with Gasteiger partial charge in [-0.2, -0.15) is 0 Å². The van der Waals surface area contributed by atoms with Crippen LogP contribution in [0.2, 0.25) is 0 Å². The Hall–Kier alpha value is -5.88. The van der Waals surface area contributed by atoms with Crippen molar-refractivity contribution >= 4 is 60.6 Å². The second-order valence-corrected chi connectivity index (χ2v) is 33.6. The molecule has 1 unspecified atom stereocenters. The summed E-state index contributed by atoms with van der Waals surface area (Å²) in [6, 6.07) is 7.52. The molecule has 0 bridgehead atoms. The summed E-state index contributed by atoms with van der Waals surface area (Å²) in [5.74, 6) is -3.32. The molecule has 3 aliphatic rings. The van der Waals surface area contributed by atoms with E-state index < -0.39 is 82.4 Å². The first-order valence-corrected chi connectivity index (χ1v) is 38.9. The first kappa shape index (κ1) is 100. The Bertz CT molecular complexity index is 2960. The molecule has 1 aromatic rings. The molecule has 0 radical (unpaired) electrons. The zero-order chi connectivity index (χ0) is 80.4. The first-order chi connectivity index (χ1) is 50.5. The predicted molar refractivity (Wildman–Crippen MR) is 414 cm³/mol. The van der Waals surface area contributed by atoms with Crippen LogP contribution < -0.4 is 5.32 Å². The average Bonchev–Trinajstić information content (AvgIpc) is 0.871. The number of aliphatic carboxylic acids is 3. The Kier molecular flexibility index (Phi) is 45.3. The van der Waals surface area contributed by atoms with Crippen molar-refractivity contribution in [1.29, 1.82) is 0 Å². The third-order valence-corrected chi connectivity index (χ3v) is 18.1. The quantitative estimate of drug-likeness (QED) is 0.0568. The number of amides is 6. The van der Waals surface area contributed by atoms with Gasteiger partial charge in [0.2, 0.25) is 5.91 Å². The van der Waals surface area contributed by atoms with Crippen LogP contribution in [0.4, 0.5) is 24.0 Å². The van der Waals surface area contributed by atoms with Crippen LogP contribution in [0.25, 0.3) is 0 Å². The number of aldehydes is 1. The zero-order valence-electron chi connectivity index (χ0n) is 68.9. The summed E-state index contributed by atoms with van der Waals surface area (Å²) in [4.78, 5) is 153. The van der Waals surface area contributed by atoms with E-state index in [2.05, 4.69) is 44.3 Å². The Morgan fingerprint density at radius 3 is 1.05 bits per heavy atom. The summed E-state index contributed by atoms with van der Waals surface area (Å²) in [5.41, 5.74) is -1.62. The minimum atomic E-state index is -1.06. The zero-order valence-corrected chi connectivity index (χ0v) is 71.2. The number of ether oxygens (including phenoxy) is 5. The number of nitrogens with zero attached hydrogens (tertiary/aromatic N) is 12. The monoisotopic (exact) mass is 1710 g/mol. The van der Waals surface area contributed by atoms with Gasteiger partial charge in [0, 0.05) is 210 Å². The van der Waals surface area contributed by atoms with Gasteiger partial charge in [0.1, 0.15) is 40.3 Å². The normalized spacial score (nSPS) is 18.4. The minimum Gasteiger partial charge on any atom is -0.480 e. The summed E-state index contributed by atoms with van der Waals surface area (Å²) >= 11 is 0. The second-order valence-electron chi connectivity index (χ2n) is 33.6. The van der Waals surface area contributed by atoms with Gasteiger partial charge in [-0.05, 0) is 186 Å². The molecule has 0 spiro atoms. The van der Waals surface area contributed by atoms with E-state index in [4.69, 9.17) is 23.7 Å². The van der Waals surface area contributed by atoms with E-state index in [9.17, 15) is 63.3 Å². The Morgan fingerprint density at radius 2 is 0.700 bits per heavy atom. The van der Waals surface area contributed by atoms with E-state index in [0.29, 0.717) is 163 Å². The molecule has 32 nitrogen and oxygen atoms in total. The Morgan fingerprint density at radius 1 is 0.400 bits per heavy atom. The van der Waals surface area contributed by atoms with Gasteiger partial charge in [0.15, 0.2) is 0 Å². The van der Waals surface area contributed by atoms with Gasteiger partial charge in [0.25, 0.3) is 0 Å². The van der Waals surface area contributed by atoms with Gasteiger partial charge in [-0.25, -0.2) is 24.0 Å². The van der Waals surface area contributed by atoms with Crippen LogP contribution in [0.5, 0.6) is 0 Å². The standard InChI is InChI=1S/C77H135N13O18.Gd.H2O/c1-73(2,3)104-68(99)86-35-21-36-87(69(100)105-74(4,5)6)51-46-81(32-19-31-79(44-50-86)30-17-16-24-64(92)78-29-18-23-63(67(97)98)85-48-43-80(55-56-91)39-40-83(59-65(93)94)41-42-84(45-49-85)60-66(95)96)57-61-25-27-62(28-26-61)58-82-33-20-34-89(71(102)107-76(10,11)12)53-54-90(72(103)108-77(13,14)15)38-22-37-88(52-47-82)70(101)106-75(7,8)9;;/h25-28,56,63H,16-24,29-55,57-60H2,1-15H3,(H,78,92)(H,93,94)(H,95,96)(H,97,98);;1H2. The molecule has 3 aliphatic heterocycles. The summed E-state index contributed by atoms with van der Waals surface area (Å²) in [7, 11) is 0. The molecule has 1 atom stereocenters. The Balaban J connectivity index is 0.0000205. The molecule has 6 N–H and O–H groups in total. The van der Waals surface area contributed by atoms with Crippen molar-refractivity contribution in [3.05, 3.63) is 35.4 Å². The number of rotatable bonds is 21. The molecule has 110 heavy (non-hydrogen) atoms. The van der Waals surface area contributed by atoms with Crippen LogP contribution >= 0.6 is 0 Å². The summed E-state index contributed by atoms with van der Waals surface area (Å²) in [5, 5.41) is 32.8. The van der Waals surface area contributed by atoms with Gasteiger partial charge in [-0.3, -0.25) is 48.6 Å². The summed E-state index contributed by atoms with van der Waals surface area (Å²) in [6.07, 6.45) is 2.66. The summed E-state index contributed by atoms with van der Waals surface area (Å²) < 4.78 is 29.4. The molecule has 1 aromatic carbocycles. The molecule has 3 heterocycles. The van der Waals surface area contributed by atoms with E-state index in [-0.39, 0.29) is 143 Å². The van der Waals surface area contributed by atoms with Crippen molar-refractivity contribution in [2.45, 2.75) is 209 Å². The smallest absolute Gasteiger partial charge is 0.410 e. The molecule has 3 saturated heterocycles. The number of carbonyl (C=O) groups excluding carboxylic acids is 7. The number of carboxylic acids is 3. The van der Waals surface area contributed by atoms with Gasteiger partial charge in [-0.1, -0.05) is 24.3 Å². The van der Waals surface area contributed by atoms with Gasteiger partial charge in [0.05, 0.1) is 19.6 Å². The third kappa shape index (κ3) is 44.0. The maximum atomic E-state index is 14.0. The molecule has 0 saturated carbocycles. The van der Waals surface area contributed by atoms with Crippen LogP contribution in [-0.2, 0) is 60.7 Å². The maximum Gasteiger partial charge on any atom is 0.410 e. The van der Waals surface area contributed by atoms with E-state index in [1.54, 1.807) is 60.0 Å². The molecule has 632 valence electrons. The van der Waals surface area contributed by atoms with Crippen LogP contribution in [0.15, 0.2) is 24.3 Å². The van der Waals surface area contributed by atoms with Crippen LogP contribution in [-0.4, -0.2) is 364 Å². The number of carboxylic acid groups (broad SMARTS) is 3. The number of carbonyl (C=O) groups is 10. The topological polar surface area (TPSA) is 360 Å². The van der Waals surface area contributed by atoms with Crippen LogP contribution in [0.1, 0.15) is 173 Å². The van der Waals surface area contributed by atoms with E-state index >= 15 is 0 Å². The number of benzene rings is 1. The van der Waals surface area contributed by atoms with Crippen molar-refractivity contribution in [3.8, 4) is 0 Å². The molecular weight excluding hydrogens is 1570 g/mol. The number of hydrogen-bond acceptors (Lipinski definition) is 22. The fraction of sp³-hybridized carbons (Fsp3) is 0.792. The molecule has 3 fully saturated rings. The van der Waals surface area contributed by atoms with Gasteiger partial charge < -0.3 is 84.0 Å². The van der Waals surface area contributed by atoms with Crippen molar-refractivity contribution in [2.75, 3.05) is 190 Å². The number of unbranched alkanes of at least 4 members (excludes halogenated alkanes) is 1. The molecule has 0 aliphatic carbocycles. The van der Waals surface area contributed by atoms with E-state index in [0.717, 1.165) is 23.8 Å². The molecule has 33 heteroatoms. The minimum absolute atomic E-state index is 0. The van der Waals surface area contributed by atoms with E-state index in [1.807, 2.05) is 88.0 Å². The van der Waals surface area contributed by atoms with Crippen LogP contribution in [0.3, 0.4) is 0 Å². The van der Waals surface area contributed by atoms with E-state index in [1.165, 1.54) is 0 Å². The van der Waals surface area contributed by atoms with Crippen molar-refractivity contribution < 1.29 is 132 Å². The first-order valence-electron chi connectivity index (χ1n) is 38.9. The SMILES string of the molecule is CC(C)(C)OC(=O)N1CCCN(C(=O)OC(C)(C)C)CCN(Cc2ccc(CN3CCCN(C(=O)OC(C)(C)C)CCN(C(=O)OC(C)(C)C)CCCN(C(=O)OC(C)(C)C)CC3)cc2)CCCN(CCCCC(=O)NCCCC(C(=O)O)N2CCN(CC=O)CCN(CC(=O)O)CCN(CC(=O)O)CC2)CC1.O.[Gd]. The number of hydrogen-bond donors (Lipinski definition) is 4. The fourth-order valence-corrected chi connectivity index (χ4v) is 12.7. The van der Waals surface area contributed by atoms with Crippen molar-refractivity contribution in [3.63, 3.8) is 0 Å². The van der Waals surface area contributed by atoms with Crippen LogP contribution in [0, 0.1) is 39.9 Å². The van der Waals surface area contributed by atoms with Crippen molar-refractivity contribution in [1.82, 2.24) is 64.1 Å². The molecule has 6 amide bonds. The molecular formula is C77H137GdN13O19. The fourth-order valence-electron chi connectivity index (χ4n) is 12.7. The number of nitrogens with one attached hydrogen (secondary N) is 1. The third-order valence-electron chi connectivity index (χ3n) is 18.1. The van der Waals surface area contributed by atoms with Gasteiger partial charge >= 0.3 is 48.4 Å². The predicted octanol–water partition coefficient (Wildman–Crippen LogP) is 6.65. The summed E-state index contributed by atoms with van der Waals surface area (Å²) in [6.45, 7) is 37.6. The average molecular weight is 1710 g/mol. The largest absolute Gasteiger partial charge is 0.480 e. The second kappa shape index (κ2) is 49.7.